The van der Waals surface area contributed by atoms with Gasteiger partial charge in [0.2, 0.25) is 0 Å². The maximum absolute atomic E-state index is 5.81. The number of halogens is 2. The molecule has 0 amide bonds. The second-order valence-electron chi connectivity index (χ2n) is 4.25. The molecule has 0 aliphatic carbocycles. The second kappa shape index (κ2) is 10.4. The molecule has 3 nitrogen and oxygen atoms in total. The van der Waals surface area contributed by atoms with Gasteiger partial charge in [0.05, 0.1) is 17.7 Å². The van der Waals surface area contributed by atoms with Crippen LogP contribution in [0.4, 0.5) is 0 Å². The van der Waals surface area contributed by atoms with Gasteiger partial charge in [-0.15, -0.1) is 0 Å². The smallest absolute Gasteiger partial charge is 0.140 e. The molecule has 1 aromatic rings. The van der Waals surface area contributed by atoms with Gasteiger partial charge in [-0.2, -0.15) is 0 Å². The average Bonchev–Trinajstić information content (AvgIpc) is 2.41. The van der Waals surface area contributed by atoms with Gasteiger partial charge in [0.15, 0.2) is 0 Å². The summed E-state index contributed by atoms with van der Waals surface area (Å²) in [7, 11) is 1.70. The van der Waals surface area contributed by atoms with E-state index in [4.69, 9.17) is 9.47 Å². The quantitative estimate of drug-likeness (QED) is 0.621. The molecule has 0 atom stereocenters. The van der Waals surface area contributed by atoms with E-state index in [1.165, 1.54) is 0 Å². The van der Waals surface area contributed by atoms with Crippen LogP contribution in [0.1, 0.15) is 18.9 Å². The lowest BCUT2D eigenvalue weighted by atomic mass is 10.2. The Hall–Kier alpha value is -0.360. The Balaban J connectivity index is 2.68. The minimum Gasteiger partial charge on any atom is -0.492 e. The summed E-state index contributed by atoms with van der Waals surface area (Å²) < 4.78 is 12.8. The largest absolute Gasteiger partial charge is 0.492 e. The van der Waals surface area contributed by atoms with Crippen LogP contribution in [0.2, 0.25) is 0 Å². The summed E-state index contributed by atoms with van der Waals surface area (Å²) in [5.74, 6) is 0.892. The minimum atomic E-state index is 0.715. The highest BCUT2D eigenvalue weighted by Gasteiger charge is 2.07. The molecule has 20 heavy (non-hydrogen) atoms. The average molecular weight is 407 g/mol. The monoisotopic (exact) mass is 405 g/mol. The molecule has 0 radical (unpaired) electrons. The molecule has 5 heteroatoms. The molecule has 1 aromatic carbocycles. The first kappa shape index (κ1) is 17.7. The Morgan fingerprint density at radius 2 is 2.05 bits per heavy atom. The molecule has 0 aliphatic heterocycles. The zero-order valence-corrected chi connectivity index (χ0v) is 15.1. The first-order valence-corrected chi connectivity index (χ1v) is 8.25. The number of rotatable bonds is 9. The van der Waals surface area contributed by atoms with Crippen molar-refractivity contribution < 1.29 is 9.47 Å². The van der Waals surface area contributed by atoms with Gasteiger partial charge >= 0.3 is 0 Å². The van der Waals surface area contributed by atoms with Crippen LogP contribution in [-0.2, 0) is 4.74 Å². The van der Waals surface area contributed by atoms with Crippen molar-refractivity contribution in [3.05, 3.63) is 32.7 Å². The zero-order chi connectivity index (χ0) is 14.8. The highest BCUT2D eigenvalue weighted by atomic mass is 79.9. The van der Waals surface area contributed by atoms with Crippen LogP contribution in [0.15, 0.2) is 27.2 Å². The van der Waals surface area contributed by atoms with E-state index in [1.807, 2.05) is 6.07 Å². The minimum absolute atomic E-state index is 0.715. The van der Waals surface area contributed by atoms with E-state index in [0.29, 0.717) is 6.61 Å². The standard InChI is InChI=1S/C15H21Br2NO2/c1-3-8-20-15-12(10-13(16)11-14(15)17)5-4-6-18-7-9-19-2/h4-5,10-11,18H,3,6-9H2,1-2H3. The summed E-state index contributed by atoms with van der Waals surface area (Å²) in [4.78, 5) is 0. The predicted molar refractivity (Wildman–Crippen MR) is 91.4 cm³/mol. The molecule has 0 aromatic heterocycles. The highest BCUT2D eigenvalue weighted by Crippen LogP contribution is 2.33. The number of methoxy groups -OCH3 is 1. The van der Waals surface area contributed by atoms with Gasteiger partial charge in [0.25, 0.3) is 0 Å². The molecular formula is C15H21Br2NO2. The van der Waals surface area contributed by atoms with E-state index in [9.17, 15) is 0 Å². The number of ether oxygens (including phenoxy) is 2. The molecule has 1 N–H and O–H groups in total. The van der Waals surface area contributed by atoms with E-state index in [0.717, 1.165) is 46.4 Å². The van der Waals surface area contributed by atoms with Crippen LogP contribution >= 0.6 is 31.9 Å². The molecule has 0 aliphatic rings. The fourth-order valence-electron chi connectivity index (χ4n) is 1.61. The molecule has 0 unspecified atom stereocenters. The van der Waals surface area contributed by atoms with Crippen molar-refractivity contribution in [2.45, 2.75) is 13.3 Å². The summed E-state index contributed by atoms with van der Waals surface area (Å²) in [5.41, 5.74) is 1.06. The normalized spacial score (nSPS) is 11.2. The fraction of sp³-hybridized carbons (Fsp3) is 0.467. The summed E-state index contributed by atoms with van der Waals surface area (Å²) in [6.07, 6.45) is 5.15. The summed E-state index contributed by atoms with van der Waals surface area (Å²) in [5, 5.41) is 3.27. The Bertz CT molecular complexity index is 436. The first-order valence-electron chi connectivity index (χ1n) is 6.67. The fourth-order valence-corrected chi connectivity index (χ4v) is 2.98. The third-order valence-electron chi connectivity index (χ3n) is 2.53. The topological polar surface area (TPSA) is 30.5 Å². The molecular weight excluding hydrogens is 386 g/mol. The van der Waals surface area contributed by atoms with Gasteiger partial charge in [-0.25, -0.2) is 0 Å². The Morgan fingerprint density at radius 3 is 2.75 bits per heavy atom. The first-order chi connectivity index (χ1) is 9.69. The van der Waals surface area contributed by atoms with Crippen molar-refractivity contribution in [2.75, 3.05) is 33.4 Å². The van der Waals surface area contributed by atoms with Gasteiger partial charge < -0.3 is 14.8 Å². The third-order valence-corrected chi connectivity index (χ3v) is 3.58. The maximum Gasteiger partial charge on any atom is 0.140 e. The van der Waals surface area contributed by atoms with E-state index < -0.39 is 0 Å². The molecule has 0 heterocycles. The van der Waals surface area contributed by atoms with Gasteiger partial charge in [0.1, 0.15) is 5.75 Å². The van der Waals surface area contributed by atoms with Gasteiger partial charge in [-0.1, -0.05) is 35.0 Å². The number of hydrogen-bond acceptors (Lipinski definition) is 3. The predicted octanol–water partition coefficient (Wildman–Crippen LogP) is 4.25. The van der Waals surface area contributed by atoms with Crippen molar-refractivity contribution >= 4 is 37.9 Å². The Morgan fingerprint density at radius 1 is 1.25 bits per heavy atom. The van der Waals surface area contributed by atoms with Crippen molar-refractivity contribution in [3.63, 3.8) is 0 Å². The third kappa shape index (κ3) is 6.39. The molecule has 0 fully saturated rings. The van der Waals surface area contributed by atoms with E-state index in [-0.39, 0.29) is 0 Å². The van der Waals surface area contributed by atoms with Crippen LogP contribution in [-0.4, -0.2) is 33.4 Å². The van der Waals surface area contributed by atoms with Crippen molar-refractivity contribution in [3.8, 4) is 5.75 Å². The summed E-state index contributed by atoms with van der Waals surface area (Å²) in [6.45, 7) is 5.19. The number of hydrogen-bond donors (Lipinski definition) is 1. The van der Waals surface area contributed by atoms with E-state index in [2.05, 4.69) is 62.3 Å². The number of nitrogens with one attached hydrogen (secondary N) is 1. The van der Waals surface area contributed by atoms with Crippen molar-refractivity contribution in [1.29, 1.82) is 0 Å². The van der Waals surface area contributed by atoms with Crippen LogP contribution in [0.3, 0.4) is 0 Å². The second-order valence-corrected chi connectivity index (χ2v) is 6.02. The molecule has 0 saturated heterocycles. The van der Waals surface area contributed by atoms with Crippen molar-refractivity contribution in [2.24, 2.45) is 0 Å². The van der Waals surface area contributed by atoms with Crippen LogP contribution < -0.4 is 10.1 Å². The van der Waals surface area contributed by atoms with Crippen LogP contribution in [0.5, 0.6) is 5.75 Å². The van der Waals surface area contributed by atoms with Crippen LogP contribution in [0.25, 0.3) is 6.08 Å². The Kier molecular flexibility index (Phi) is 9.18. The highest BCUT2D eigenvalue weighted by molar-refractivity contribution is 9.11. The van der Waals surface area contributed by atoms with Gasteiger partial charge in [-0.05, 0) is 34.5 Å². The zero-order valence-electron chi connectivity index (χ0n) is 11.9. The summed E-state index contributed by atoms with van der Waals surface area (Å²) in [6, 6.07) is 4.06. The van der Waals surface area contributed by atoms with Crippen LogP contribution in [0, 0.1) is 0 Å². The maximum atomic E-state index is 5.81. The molecule has 1 rings (SSSR count). The number of benzene rings is 1. The van der Waals surface area contributed by atoms with Gasteiger partial charge in [0, 0.05) is 30.2 Å². The van der Waals surface area contributed by atoms with E-state index >= 15 is 0 Å². The molecule has 0 spiro atoms. The molecule has 0 saturated carbocycles. The molecule has 112 valence electrons. The summed E-state index contributed by atoms with van der Waals surface area (Å²) >= 11 is 7.06. The molecule has 0 bridgehead atoms. The lowest BCUT2D eigenvalue weighted by molar-refractivity contribution is 0.200. The lowest BCUT2D eigenvalue weighted by Crippen LogP contribution is -2.18. The Labute approximate surface area is 138 Å². The van der Waals surface area contributed by atoms with E-state index in [1.54, 1.807) is 7.11 Å². The lowest BCUT2D eigenvalue weighted by Gasteiger charge is -2.11. The SMILES string of the molecule is CCCOc1c(Br)cc(Br)cc1C=CCNCCOC. The van der Waals surface area contributed by atoms with Gasteiger partial charge in [-0.3, -0.25) is 0 Å². The van der Waals surface area contributed by atoms with Crippen molar-refractivity contribution in [1.82, 2.24) is 5.32 Å².